The molecule has 1 atom stereocenters. The van der Waals surface area contributed by atoms with Crippen LogP contribution in [0.2, 0.25) is 0 Å². The summed E-state index contributed by atoms with van der Waals surface area (Å²) in [6.07, 6.45) is 2.26. The smallest absolute Gasteiger partial charge is 0.283 e. The molecule has 1 aromatic heterocycles. The second-order valence-electron chi connectivity index (χ2n) is 8.29. The number of hydrazone groups is 1. The van der Waals surface area contributed by atoms with Gasteiger partial charge in [-0.1, -0.05) is 43.3 Å². The summed E-state index contributed by atoms with van der Waals surface area (Å²) in [6, 6.07) is 17.9. The van der Waals surface area contributed by atoms with Crippen molar-refractivity contribution in [3.63, 3.8) is 0 Å². The number of nitro benzene ring substituents is 1. The standard InChI is InChI=1S/C26H21N5O4S/c1-3-19(16-7-5-4-6-8-16)25-29-30-23(27)21(24(32)28-26(30)36-25)14-18-11-12-22(35-18)20-13-17(31(33)34)10-9-15(20)2/h4-14,19,27H,3H2,1-2H3/b21-14+,27-23?. The van der Waals surface area contributed by atoms with Gasteiger partial charge in [0.25, 0.3) is 11.6 Å². The summed E-state index contributed by atoms with van der Waals surface area (Å²) in [4.78, 5) is 27.7. The van der Waals surface area contributed by atoms with E-state index < -0.39 is 10.8 Å². The van der Waals surface area contributed by atoms with Crippen molar-refractivity contribution in [1.82, 2.24) is 5.01 Å². The predicted molar refractivity (Wildman–Crippen MR) is 140 cm³/mol. The molecule has 10 heteroatoms. The van der Waals surface area contributed by atoms with Gasteiger partial charge in [-0.05, 0) is 54.4 Å². The minimum Gasteiger partial charge on any atom is -0.457 e. The Balaban J connectivity index is 1.44. The Morgan fingerprint density at radius 3 is 2.69 bits per heavy atom. The van der Waals surface area contributed by atoms with Gasteiger partial charge in [0.05, 0.1) is 10.5 Å². The Kier molecular flexibility index (Phi) is 6.11. The van der Waals surface area contributed by atoms with Crippen LogP contribution in [0.1, 0.15) is 36.1 Å². The number of aryl methyl sites for hydroxylation is 1. The molecule has 9 nitrogen and oxygen atoms in total. The van der Waals surface area contributed by atoms with Gasteiger partial charge in [0.1, 0.15) is 16.6 Å². The molecule has 0 radical (unpaired) electrons. The van der Waals surface area contributed by atoms with Gasteiger partial charge in [-0.3, -0.25) is 20.3 Å². The topological polar surface area (TPSA) is 125 Å². The molecule has 0 saturated heterocycles. The average molecular weight is 500 g/mol. The van der Waals surface area contributed by atoms with Gasteiger partial charge < -0.3 is 4.42 Å². The summed E-state index contributed by atoms with van der Waals surface area (Å²) in [7, 11) is 0. The number of fused-ring (bicyclic) bond motifs is 1. The molecule has 0 aliphatic carbocycles. The van der Waals surface area contributed by atoms with Gasteiger partial charge in [0.2, 0.25) is 5.17 Å². The maximum atomic E-state index is 12.8. The quantitative estimate of drug-likeness (QED) is 0.253. The predicted octanol–water partition coefficient (Wildman–Crippen LogP) is 5.98. The molecule has 1 amide bonds. The van der Waals surface area contributed by atoms with Gasteiger partial charge in [-0.2, -0.15) is 15.1 Å². The largest absolute Gasteiger partial charge is 0.457 e. The van der Waals surface area contributed by atoms with E-state index >= 15 is 0 Å². The van der Waals surface area contributed by atoms with E-state index in [9.17, 15) is 14.9 Å². The van der Waals surface area contributed by atoms with E-state index in [1.165, 1.54) is 35.0 Å². The molecule has 2 aromatic carbocycles. The Morgan fingerprint density at radius 2 is 1.97 bits per heavy atom. The molecule has 180 valence electrons. The van der Waals surface area contributed by atoms with Crippen molar-refractivity contribution in [3.8, 4) is 11.3 Å². The normalized spacial score (nSPS) is 17.2. The second-order valence-corrected chi connectivity index (χ2v) is 9.28. The third-order valence-corrected chi connectivity index (χ3v) is 7.01. The van der Waals surface area contributed by atoms with E-state index in [-0.39, 0.29) is 23.0 Å². The molecule has 3 aromatic rings. The van der Waals surface area contributed by atoms with Gasteiger partial charge in [0.15, 0.2) is 5.84 Å². The number of nitrogens with one attached hydrogen (secondary N) is 1. The number of hydrogen-bond donors (Lipinski definition) is 1. The highest BCUT2D eigenvalue weighted by Gasteiger charge is 2.38. The Labute approximate surface area is 210 Å². The SMILES string of the molecule is CCC(C1=NN2C(=N)/C(=C\c3ccc(-c4cc([N+](=O)[O-])ccc4C)o3)C(=O)N=C2S1)c1ccccc1. The number of benzene rings is 2. The Hall–Kier alpha value is -4.31. The molecule has 0 bridgehead atoms. The lowest BCUT2D eigenvalue weighted by Crippen LogP contribution is -2.35. The molecule has 1 unspecified atom stereocenters. The van der Waals surface area contributed by atoms with Crippen molar-refractivity contribution >= 4 is 45.5 Å². The number of nitro groups is 1. The lowest BCUT2D eigenvalue weighted by Gasteiger charge is -2.19. The summed E-state index contributed by atoms with van der Waals surface area (Å²) in [6.45, 7) is 3.90. The first-order valence-corrected chi connectivity index (χ1v) is 12.1. The third-order valence-electron chi connectivity index (χ3n) is 5.99. The van der Waals surface area contributed by atoms with Gasteiger partial charge in [-0.15, -0.1) is 0 Å². The van der Waals surface area contributed by atoms with Crippen molar-refractivity contribution < 1.29 is 14.1 Å². The van der Waals surface area contributed by atoms with E-state index in [0.29, 0.717) is 22.3 Å². The average Bonchev–Trinajstić information content (AvgIpc) is 3.50. The van der Waals surface area contributed by atoms with Crippen LogP contribution in [0.5, 0.6) is 0 Å². The highest BCUT2D eigenvalue weighted by Crippen LogP contribution is 2.36. The van der Waals surface area contributed by atoms with Crippen molar-refractivity contribution in [2.24, 2.45) is 10.1 Å². The first kappa shape index (κ1) is 23.4. The number of thioether (sulfide) groups is 1. The van der Waals surface area contributed by atoms with Crippen LogP contribution in [0.25, 0.3) is 17.4 Å². The molecule has 0 fully saturated rings. The van der Waals surface area contributed by atoms with Gasteiger partial charge in [0, 0.05) is 23.6 Å². The van der Waals surface area contributed by atoms with E-state index in [2.05, 4.69) is 17.0 Å². The number of rotatable bonds is 6. The monoisotopic (exact) mass is 499 g/mol. The number of non-ortho nitro benzene ring substituents is 1. The van der Waals surface area contributed by atoms with Crippen molar-refractivity contribution in [1.29, 1.82) is 5.41 Å². The molecule has 0 saturated carbocycles. The van der Waals surface area contributed by atoms with Crippen molar-refractivity contribution in [2.75, 3.05) is 0 Å². The lowest BCUT2D eigenvalue weighted by molar-refractivity contribution is -0.384. The number of amides is 1. The number of nitrogens with zero attached hydrogens (tertiary/aromatic N) is 4. The minimum absolute atomic E-state index is 0.0330. The zero-order chi connectivity index (χ0) is 25.4. The van der Waals surface area contributed by atoms with Crippen LogP contribution in [0.4, 0.5) is 5.69 Å². The summed E-state index contributed by atoms with van der Waals surface area (Å²) in [5.41, 5.74) is 2.51. The number of carbonyl (C=O) groups is 1. The fourth-order valence-electron chi connectivity index (χ4n) is 4.09. The maximum Gasteiger partial charge on any atom is 0.283 e. The molecule has 0 spiro atoms. The Morgan fingerprint density at radius 1 is 1.19 bits per heavy atom. The summed E-state index contributed by atoms with van der Waals surface area (Å²) >= 11 is 1.30. The zero-order valence-corrected chi connectivity index (χ0v) is 20.3. The van der Waals surface area contributed by atoms with Crippen LogP contribution in [0.15, 0.2) is 80.7 Å². The summed E-state index contributed by atoms with van der Waals surface area (Å²) in [5.74, 6) is 0.153. The first-order chi connectivity index (χ1) is 17.4. The van der Waals surface area contributed by atoms with Crippen molar-refractivity contribution in [2.45, 2.75) is 26.2 Å². The maximum absolute atomic E-state index is 12.8. The molecule has 5 rings (SSSR count). The van der Waals surface area contributed by atoms with Crippen molar-refractivity contribution in [3.05, 3.63) is 93.2 Å². The van der Waals surface area contributed by atoms with Crippen LogP contribution in [-0.2, 0) is 4.79 Å². The molecule has 36 heavy (non-hydrogen) atoms. The number of amidine groups is 2. The highest BCUT2D eigenvalue weighted by atomic mass is 32.2. The fraction of sp³-hybridized carbons (Fsp3) is 0.154. The number of furan rings is 1. The van der Waals surface area contributed by atoms with Crippen LogP contribution >= 0.6 is 11.8 Å². The van der Waals surface area contributed by atoms with Gasteiger partial charge in [-0.25, -0.2) is 0 Å². The zero-order valence-electron chi connectivity index (χ0n) is 19.5. The third kappa shape index (κ3) is 4.27. The Bertz CT molecular complexity index is 1490. The van der Waals surface area contributed by atoms with E-state index in [4.69, 9.17) is 9.83 Å². The molecular weight excluding hydrogens is 478 g/mol. The molecule has 2 aliphatic rings. The minimum atomic E-state index is -0.549. The van der Waals surface area contributed by atoms with Crippen LogP contribution in [0, 0.1) is 22.4 Å². The second kappa shape index (κ2) is 9.38. The molecule has 1 N–H and O–H groups in total. The van der Waals surface area contributed by atoms with E-state index in [1.807, 2.05) is 37.3 Å². The highest BCUT2D eigenvalue weighted by molar-refractivity contribution is 8.27. The number of carbonyl (C=O) groups excluding carboxylic acids is 1. The number of hydrogen-bond acceptors (Lipinski definition) is 7. The number of aliphatic imine (C=N–C) groups is 1. The fourth-order valence-corrected chi connectivity index (χ4v) is 5.19. The summed E-state index contributed by atoms with van der Waals surface area (Å²) < 4.78 is 5.87. The first-order valence-electron chi connectivity index (χ1n) is 11.3. The summed E-state index contributed by atoms with van der Waals surface area (Å²) in [5, 5.41) is 27.0. The van der Waals surface area contributed by atoms with Crippen LogP contribution in [-0.4, -0.2) is 31.9 Å². The molecule has 3 heterocycles. The molecule has 2 aliphatic heterocycles. The van der Waals surface area contributed by atoms with Gasteiger partial charge >= 0.3 is 0 Å². The van der Waals surface area contributed by atoms with E-state index in [1.54, 1.807) is 18.2 Å². The van der Waals surface area contributed by atoms with Crippen LogP contribution < -0.4 is 0 Å². The van der Waals surface area contributed by atoms with Crippen LogP contribution in [0.3, 0.4) is 0 Å². The lowest BCUT2D eigenvalue weighted by atomic mass is 9.98. The van der Waals surface area contributed by atoms with E-state index in [0.717, 1.165) is 22.6 Å². The molecular formula is C26H21N5O4S.